The van der Waals surface area contributed by atoms with Crippen molar-refractivity contribution in [3.63, 3.8) is 0 Å². The molecular weight excluding hydrogens is 407 g/mol. The number of methoxy groups -OCH3 is 2. The van der Waals surface area contributed by atoms with Crippen LogP contribution in [0.15, 0.2) is 42.5 Å². The fraction of sp³-hybridized carbons (Fsp3) is 0.519. The average molecular weight is 441 g/mol. The van der Waals surface area contributed by atoms with E-state index in [0.717, 1.165) is 42.6 Å². The lowest BCUT2D eigenvalue weighted by molar-refractivity contribution is -0.141. The van der Waals surface area contributed by atoms with Gasteiger partial charge in [0.1, 0.15) is 17.3 Å². The summed E-state index contributed by atoms with van der Waals surface area (Å²) >= 11 is 0. The summed E-state index contributed by atoms with van der Waals surface area (Å²) in [5, 5.41) is 0. The Labute approximate surface area is 190 Å². The van der Waals surface area contributed by atoms with Crippen molar-refractivity contribution >= 4 is 5.97 Å². The molecule has 0 amide bonds. The van der Waals surface area contributed by atoms with E-state index in [1.165, 1.54) is 26.0 Å². The molecule has 4 nitrogen and oxygen atoms in total. The summed E-state index contributed by atoms with van der Waals surface area (Å²) in [6.07, 6.45) is 6.73. The van der Waals surface area contributed by atoms with E-state index in [0.29, 0.717) is 30.6 Å². The summed E-state index contributed by atoms with van der Waals surface area (Å²) in [7, 11) is 3.06. The molecule has 1 unspecified atom stereocenters. The van der Waals surface area contributed by atoms with Gasteiger partial charge < -0.3 is 14.2 Å². The minimum atomic E-state index is -0.155. The summed E-state index contributed by atoms with van der Waals surface area (Å²) in [4.78, 5) is 11.8. The zero-order chi connectivity index (χ0) is 22.5. The van der Waals surface area contributed by atoms with Crippen LogP contribution in [0.1, 0.15) is 67.9 Å². The molecule has 5 heteroatoms. The second-order valence-corrected chi connectivity index (χ2v) is 9.21. The SMILES string of the molecule is COC(=O)CC(c1cccc(OCC2CCC(c3cc(OC)ccc3F)CC2)c1)C1CC1. The molecule has 0 heterocycles. The van der Waals surface area contributed by atoms with Crippen LogP contribution in [-0.2, 0) is 9.53 Å². The lowest BCUT2D eigenvalue weighted by Crippen LogP contribution is -2.20. The van der Waals surface area contributed by atoms with Crippen LogP contribution in [0.2, 0.25) is 0 Å². The quantitative estimate of drug-likeness (QED) is 0.433. The molecule has 2 aromatic rings. The van der Waals surface area contributed by atoms with E-state index < -0.39 is 0 Å². The van der Waals surface area contributed by atoms with Gasteiger partial charge in [0.05, 0.1) is 27.2 Å². The van der Waals surface area contributed by atoms with Crippen LogP contribution in [0.3, 0.4) is 0 Å². The fourth-order valence-corrected chi connectivity index (χ4v) is 4.97. The van der Waals surface area contributed by atoms with E-state index in [1.54, 1.807) is 13.2 Å². The first-order valence-electron chi connectivity index (χ1n) is 11.7. The first kappa shape index (κ1) is 22.6. The van der Waals surface area contributed by atoms with Crippen molar-refractivity contribution in [2.45, 2.75) is 56.8 Å². The van der Waals surface area contributed by atoms with E-state index in [2.05, 4.69) is 12.1 Å². The maximum atomic E-state index is 14.3. The highest BCUT2D eigenvalue weighted by Gasteiger charge is 2.34. The summed E-state index contributed by atoms with van der Waals surface area (Å²) in [6.45, 7) is 0.669. The van der Waals surface area contributed by atoms with Gasteiger partial charge in [-0.1, -0.05) is 12.1 Å². The maximum absolute atomic E-state index is 14.3. The van der Waals surface area contributed by atoms with E-state index in [9.17, 15) is 9.18 Å². The van der Waals surface area contributed by atoms with Crippen molar-refractivity contribution in [3.05, 3.63) is 59.4 Å². The van der Waals surface area contributed by atoms with Gasteiger partial charge in [-0.15, -0.1) is 0 Å². The van der Waals surface area contributed by atoms with Gasteiger partial charge in [0, 0.05) is 0 Å². The molecule has 172 valence electrons. The Kier molecular flexibility index (Phi) is 7.33. The smallest absolute Gasteiger partial charge is 0.306 e. The van der Waals surface area contributed by atoms with Crippen LogP contribution in [0.4, 0.5) is 4.39 Å². The summed E-state index contributed by atoms with van der Waals surface area (Å²) < 4.78 is 30.6. The van der Waals surface area contributed by atoms with Gasteiger partial charge in [-0.3, -0.25) is 4.79 Å². The average Bonchev–Trinajstić information content (AvgIpc) is 3.67. The normalized spacial score (nSPS) is 21.6. The van der Waals surface area contributed by atoms with Crippen molar-refractivity contribution in [1.29, 1.82) is 0 Å². The van der Waals surface area contributed by atoms with E-state index in [-0.39, 0.29) is 23.6 Å². The zero-order valence-corrected chi connectivity index (χ0v) is 19.0. The third-order valence-electron chi connectivity index (χ3n) is 7.07. The number of rotatable bonds is 9. The van der Waals surface area contributed by atoms with Crippen molar-refractivity contribution < 1.29 is 23.4 Å². The molecule has 2 aliphatic carbocycles. The third-order valence-corrected chi connectivity index (χ3v) is 7.07. The predicted octanol–water partition coefficient (Wildman–Crippen LogP) is 6.24. The van der Waals surface area contributed by atoms with Crippen LogP contribution in [0, 0.1) is 17.7 Å². The first-order valence-corrected chi connectivity index (χ1v) is 11.7. The number of esters is 1. The zero-order valence-electron chi connectivity index (χ0n) is 19.0. The van der Waals surface area contributed by atoms with Crippen molar-refractivity contribution in [3.8, 4) is 11.5 Å². The van der Waals surface area contributed by atoms with Crippen LogP contribution in [0.25, 0.3) is 0 Å². The van der Waals surface area contributed by atoms with Crippen molar-refractivity contribution in [2.75, 3.05) is 20.8 Å². The first-order chi connectivity index (χ1) is 15.6. The third kappa shape index (κ3) is 5.62. The summed E-state index contributed by atoms with van der Waals surface area (Å²) in [5.74, 6) is 2.76. The number of carbonyl (C=O) groups is 1. The van der Waals surface area contributed by atoms with Crippen LogP contribution < -0.4 is 9.47 Å². The number of hydrogen-bond acceptors (Lipinski definition) is 4. The van der Waals surface area contributed by atoms with Gasteiger partial charge in [-0.2, -0.15) is 0 Å². The fourth-order valence-electron chi connectivity index (χ4n) is 4.97. The predicted molar refractivity (Wildman–Crippen MR) is 122 cm³/mol. The van der Waals surface area contributed by atoms with E-state index in [1.807, 2.05) is 18.2 Å². The molecule has 0 bridgehead atoms. The molecule has 2 aliphatic rings. The number of carbonyl (C=O) groups excluding carboxylic acids is 1. The Morgan fingerprint density at radius 1 is 1.00 bits per heavy atom. The highest BCUT2D eigenvalue weighted by Crippen LogP contribution is 2.45. The van der Waals surface area contributed by atoms with E-state index >= 15 is 0 Å². The molecular formula is C27H33FO4. The lowest BCUT2D eigenvalue weighted by atomic mass is 9.79. The topological polar surface area (TPSA) is 44.8 Å². The van der Waals surface area contributed by atoms with Gasteiger partial charge >= 0.3 is 5.97 Å². The molecule has 4 rings (SSSR count). The van der Waals surface area contributed by atoms with Gasteiger partial charge in [-0.05, 0) is 104 Å². The molecule has 0 saturated heterocycles. The molecule has 0 aliphatic heterocycles. The molecule has 0 radical (unpaired) electrons. The van der Waals surface area contributed by atoms with Gasteiger partial charge in [0.15, 0.2) is 0 Å². The minimum absolute atomic E-state index is 0.139. The standard InChI is InChI=1S/C27H33FO4/c1-30-22-12-13-26(28)25(15-22)20-8-6-18(7-9-20)17-32-23-5-3-4-21(14-23)24(19-10-11-19)16-27(29)31-2/h3-5,12-15,18-20,24H,6-11,16-17H2,1-2H3. The van der Waals surface area contributed by atoms with Crippen molar-refractivity contribution in [2.24, 2.45) is 11.8 Å². The number of ether oxygens (including phenoxy) is 3. The molecule has 2 fully saturated rings. The van der Waals surface area contributed by atoms with E-state index in [4.69, 9.17) is 14.2 Å². The Bertz CT molecular complexity index is 916. The molecule has 1 atom stereocenters. The second-order valence-electron chi connectivity index (χ2n) is 9.21. The Morgan fingerprint density at radius 2 is 1.78 bits per heavy atom. The van der Waals surface area contributed by atoms with Gasteiger partial charge in [0.25, 0.3) is 0 Å². The second kappa shape index (κ2) is 10.4. The monoisotopic (exact) mass is 440 g/mol. The highest BCUT2D eigenvalue weighted by molar-refractivity contribution is 5.70. The highest BCUT2D eigenvalue weighted by atomic mass is 19.1. The van der Waals surface area contributed by atoms with Crippen LogP contribution in [-0.4, -0.2) is 26.8 Å². The van der Waals surface area contributed by atoms with Crippen LogP contribution in [0.5, 0.6) is 11.5 Å². The number of benzene rings is 2. The Balaban J connectivity index is 1.31. The maximum Gasteiger partial charge on any atom is 0.306 e. The lowest BCUT2D eigenvalue weighted by Gasteiger charge is -2.29. The molecule has 0 aromatic heterocycles. The van der Waals surface area contributed by atoms with Crippen molar-refractivity contribution in [1.82, 2.24) is 0 Å². The minimum Gasteiger partial charge on any atom is -0.497 e. The molecule has 32 heavy (non-hydrogen) atoms. The summed E-state index contributed by atoms with van der Waals surface area (Å²) in [5.41, 5.74) is 1.93. The van der Waals surface area contributed by atoms with Crippen LogP contribution >= 0.6 is 0 Å². The molecule has 0 spiro atoms. The van der Waals surface area contributed by atoms with Gasteiger partial charge in [0.2, 0.25) is 0 Å². The summed E-state index contributed by atoms with van der Waals surface area (Å²) in [6, 6.07) is 13.2. The molecule has 0 N–H and O–H groups in total. The molecule has 2 aromatic carbocycles. The number of hydrogen-bond donors (Lipinski definition) is 0. The Morgan fingerprint density at radius 3 is 2.47 bits per heavy atom. The Hall–Kier alpha value is -2.56. The van der Waals surface area contributed by atoms with Gasteiger partial charge in [-0.25, -0.2) is 4.39 Å². The number of halogens is 1. The molecule has 2 saturated carbocycles. The largest absolute Gasteiger partial charge is 0.497 e.